The molecule has 0 unspecified atom stereocenters. The largest absolute Gasteiger partial charge is 0.447 e. The molecule has 16 heavy (non-hydrogen) atoms. The number of aromatic nitrogens is 3. The normalized spacial score (nSPS) is 15.3. The molecule has 0 saturated carbocycles. The van der Waals surface area contributed by atoms with Crippen molar-refractivity contribution in [3.63, 3.8) is 0 Å². The molecule has 0 bridgehead atoms. The Morgan fingerprint density at radius 1 is 1.62 bits per heavy atom. The SMILES string of the molecule is NCc1cn(CC(=O)N2CCOC2=O)nn1. The third-order valence-electron chi connectivity index (χ3n) is 2.15. The van der Waals surface area contributed by atoms with Gasteiger partial charge in [-0.2, -0.15) is 0 Å². The molecule has 0 atom stereocenters. The number of ether oxygens (including phenoxy) is 1. The van der Waals surface area contributed by atoms with Crippen LogP contribution in [0.1, 0.15) is 5.69 Å². The van der Waals surface area contributed by atoms with Crippen molar-refractivity contribution in [3.05, 3.63) is 11.9 Å². The van der Waals surface area contributed by atoms with Crippen LogP contribution in [0.15, 0.2) is 6.20 Å². The first-order valence-corrected chi connectivity index (χ1v) is 4.77. The lowest BCUT2D eigenvalue weighted by atomic mass is 10.4. The summed E-state index contributed by atoms with van der Waals surface area (Å²) >= 11 is 0. The Morgan fingerprint density at radius 3 is 3.00 bits per heavy atom. The van der Waals surface area contributed by atoms with Crippen LogP contribution in [0.4, 0.5) is 4.79 Å². The molecule has 0 radical (unpaired) electrons. The van der Waals surface area contributed by atoms with Gasteiger partial charge >= 0.3 is 6.09 Å². The van der Waals surface area contributed by atoms with E-state index in [0.29, 0.717) is 5.69 Å². The number of hydrogen-bond donors (Lipinski definition) is 1. The third-order valence-corrected chi connectivity index (χ3v) is 2.15. The van der Waals surface area contributed by atoms with Gasteiger partial charge in [-0.1, -0.05) is 5.21 Å². The van der Waals surface area contributed by atoms with Crippen molar-refractivity contribution in [2.75, 3.05) is 13.2 Å². The Morgan fingerprint density at radius 2 is 2.44 bits per heavy atom. The van der Waals surface area contributed by atoms with Crippen molar-refractivity contribution in [2.45, 2.75) is 13.1 Å². The van der Waals surface area contributed by atoms with Crippen molar-refractivity contribution in [3.8, 4) is 0 Å². The van der Waals surface area contributed by atoms with Crippen molar-refractivity contribution < 1.29 is 14.3 Å². The number of nitrogens with zero attached hydrogens (tertiary/aromatic N) is 4. The number of carbonyl (C=O) groups is 2. The molecular weight excluding hydrogens is 214 g/mol. The first kappa shape index (κ1) is 10.6. The second-order valence-corrected chi connectivity index (χ2v) is 3.27. The molecule has 1 aliphatic heterocycles. The van der Waals surface area contributed by atoms with Gasteiger partial charge in [0.1, 0.15) is 13.2 Å². The summed E-state index contributed by atoms with van der Waals surface area (Å²) in [5, 5.41) is 7.44. The van der Waals surface area contributed by atoms with Gasteiger partial charge in [0.05, 0.1) is 18.4 Å². The van der Waals surface area contributed by atoms with Crippen LogP contribution in [0.5, 0.6) is 0 Å². The number of hydrogen-bond acceptors (Lipinski definition) is 6. The molecule has 1 saturated heterocycles. The summed E-state index contributed by atoms with van der Waals surface area (Å²) in [5.41, 5.74) is 5.95. The van der Waals surface area contributed by atoms with E-state index in [9.17, 15) is 9.59 Å². The zero-order valence-electron chi connectivity index (χ0n) is 8.50. The van der Waals surface area contributed by atoms with Gasteiger partial charge in [-0.3, -0.25) is 4.79 Å². The first-order chi connectivity index (χ1) is 7.70. The van der Waals surface area contributed by atoms with E-state index >= 15 is 0 Å². The number of amides is 2. The standard InChI is InChI=1S/C8H11N5O3/c9-3-6-4-12(11-10-6)5-7(14)13-1-2-16-8(13)15/h4H,1-3,5,9H2. The van der Waals surface area contributed by atoms with E-state index in [-0.39, 0.29) is 32.1 Å². The summed E-state index contributed by atoms with van der Waals surface area (Å²) in [7, 11) is 0. The van der Waals surface area contributed by atoms with Gasteiger partial charge in [-0.15, -0.1) is 5.10 Å². The van der Waals surface area contributed by atoms with E-state index in [1.165, 1.54) is 4.68 Å². The smallest absolute Gasteiger partial charge is 0.416 e. The molecule has 86 valence electrons. The molecule has 0 aliphatic carbocycles. The van der Waals surface area contributed by atoms with Crippen LogP contribution in [0, 0.1) is 0 Å². The van der Waals surface area contributed by atoms with Crippen molar-refractivity contribution in [1.29, 1.82) is 0 Å². The van der Waals surface area contributed by atoms with Gasteiger partial charge in [-0.05, 0) is 0 Å². The Kier molecular flexibility index (Phi) is 2.82. The maximum atomic E-state index is 11.6. The van der Waals surface area contributed by atoms with Crippen molar-refractivity contribution in [2.24, 2.45) is 5.73 Å². The molecule has 1 aromatic heterocycles. The fourth-order valence-electron chi connectivity index (χ4n) is 1.35. The average molecular weight is 225 g/mol. The number of rotatable bonds is 3. The minimum Gasteiger partial charge on any atom is -0.447 e. The monoisotopic (exact) mass is 225 g/mol. The maximum Gasteiger partial charge on any atom is 0.416 e. The highest BCUT2D eigenvalue weighted by atomic mass is 16.6. The molecule has 0 aromatic carbocycles. The third kappa shape index (κ3) is 2.01. The second kappa shape index (κ2) is 4.27. The Balaban J connectivity index is 1.99. The highest BCUT2D eigenvalue weighted by Gasteiger charge is 2.28. The van der Waals surface area contributed by atoms with Crippen LogP contribution in [0.25, 0.3) is 0 Å². The topological polar surface area (TPSA) is 103 Å². The van der Waals surface area contributed by atoms with Gasteiger partial charge in [0.15, 0.2) is 0 Å². The maximum absolute atomic E-state index is 11.6. The quantitative estimate of drug-likeness (QED) is 0.686. The van der Waals surface area contributed by atoms with Crippen LogP contribution in [-0.2, 0) is 22.6 Å². The second-order valence-electron chi connectivity index (χ2n) is 3.27. The lowest BCUT2D eigenvalue weighted by molar-refractivity contribution is -0.128. The highest BCUT2D eigenvalue weighted by Crippen LogP contribution is 2.04. The van der Waals surface area contributed by atoms with Crippen molar-refractivity contribution >= 4 is 12.0 Å². The molecular formula is C8H11N5O3. The van der Waals surface area contributed by atoms with Crippen molar-refractivity contribution in [1.82, 2.24) is 19.9 Å². The predicted molar refractivity (Wildman–Crippen MR) is 51.0 cm³/mol. The van der Waals surface area contributed by atoms with Crippen LogP contribution in [0.2, 0.25) is 0 Å². The number of cyclic esters (lactones) is 1. The summed E-state index contributed by atoms with van der Waals surface area (Å²) in [6, 6.07) is 0. The van der Waals surface area contributed by atoms with E-state index in [1.807, 2.05) is 0 Å². The van der Waals surface area contributed by atoms with Gasteiger partial charge in [0.2, 0.25) is 0 Å². The summed E-state index contributed by atoms with van der Waals surface area (Å²) < 4.78 is 5.99. The minimum atomic E-state index is -0.607. The van der Waals surface area contributed by atoms with Gasteiger partial charge in [0, 0.05) is 6.54 Å². The molecule has 1 aromatic rings. The van der Waals surface area contributed by atoms with Crippen LogP contribution >= 0.6 is 0 Å². The first-order valence-electron chi connectivity index (χ1n) is 4.77. The lowest BCUT2D eigenvalue weighted by Gasteiger charge is -2.09. The fraction of sp³-hybridized carbons (Fsp3) is 0.500. The van der Waals surface area contributed by atoms with Crippen LogP contribution in [0.3, 0.4) is 0 Å². The zero-order chi connectivity index (χ0) is 11.5. The summed E-state index contributed by atoms with van der Waals surface area (Å²) in [5.74, 6) is -0.365. The van der Waals surface area contributed by atoms with Gasteiger partial charge < -0.3 is 10.5 Å². The Labute approximate surface area is 90.9 Å². The van der Waals surface area contributed by atoms with Crippen LogP contribution in [-0.4, -0.2) is 45.0 Å². The number of nitrogens with two attached hydrogens (primary N) is 1. The van der Waals surface area contributed by atoms with Gasteiger partial charge in [0.25, 0.3) is 5.91 Å². The van der Waals surface area contributed by atoms with Gasteiger partial charge in [-0.25, -0.2) is 14.4 Å². The molecule has 0 spiro atoms. The lowest BCUT2D eigenvalue weighted by Crippen LogP contribution is -2.34. The molecule has 2 heterocycles. The van der Waals surface area contributed by atoms with E-state index in [0.717, 1.165) is 4.90 Å². The Hall–Kier alpha value is -1.96. The molecule has 2 amide bonds. The summed E-state index contributed by atoms with van der Waals surface area (Å²) in [6.45, 7) is 0.758. The fourth-order valence-corrected chi connectivity index (χ4v) is 1.35. The average Bonchev–Trinajstić information content (AvgIpc) is 2.86. The summed E-state index contributed by atoms with van der Waals surface area (Å²) in [4.78, 5) is 23.8. The predicted octanol–water partition coefficient (Wildman–Crippen LogP) is -1.28. The van der Waals surface area contributed by atoms with E-state index in [4.69, 9.17) is 5.73 Å². The number of imide groups is 1. The Bertz CT molecular complexity index is 416. The van der Waals surface area contributed by atoms with Crippen LogP contribution < -0.4 is 5.73 Å². The van der Waals surface area contributed by atoms with E-state index in [1.54, 1.807) is 6.20 Å². The molecule has 2 N–H and O–H groups in total. The van der Waals surface area contributed by atoms with E-state index in [2.05, 4.69) is 15.0 Å². The van der Waals surface area contributed by atoms with E-state index < -0.39 is 6.09 Å². The molecule has 1 fully saturated rings. The minimum absolute atomic E-state index is 0.0396. The molecule has 2 rings (SSSR count). The molecule has 1 aliphatic rings. The summed E-state index contributed by atoms with van der Waals surface area (Å²) in [6.07, 6.45) is 0.961. The number of carbonyl (C=O) groups excluding carboxylic acids is 2. The molecule has 8 heteroatoms. The zero-order valence-corrected chi connectivity index (χ0v) is 8.50. The highest BCUT2D eigenvalue weighted by molar-refractivity contribution is 5.92. The molecule has 8 nitrogen and oxygen atoms in total.